The Morgan fingerprint density at radius 2 is 1.63 bits per heavy atom. The molecular formula is C18H20N3O5S-. The third-order valence-corrected chi connectivity index (χ3v) is 4.75. The van der Waals surface area contributed by atoms with Gasteiger partial charge in [0.05, 0.1) is 16.9 Å². The van der Waals surface area contributed by atoms with Gasteiger partial charge in [0, 0.05) is 6.54 Å². The van der Waals surface area contributed by atoms with Gasteiger partial charge in [-0.1, -0.05) is 42.5 Å². The summed E-state index contributed by atoms with van der Waals surface area (Å²) in [5, 5.41) is 21.2. The Bertz CT molecular complexity index is 883. The highest BCUT2D eigenvalue weighted by Crippen LogP contribution is 2.09. The van der Waals surface area contributed by atoms with Gasteiger partial charge in [-0.05, 0) is 36.1 Å². The van der Waals surface area contributed by atoms with Crippen molar-refractivity contribution in [3.05, 3.63) is 65.7 Å². The van der Waals surface area contributed by atoms with Crippen LogP contribution in [0.15, 0.2) is 59.5 Å². The van der Waals surface area contributed by atoms with Crippen molar-refractivity contribution in [3.63, 3.8) is 0 Å². The molecule has 0 unspecified atom stereocenters. The van der Waals surface area contributed by atoms with E-state index < -0.39 is 28.1 Å². The molecule has 0 saturated carbocycles. The molecule has 8 nitrogen and oxygen atoms in total. The number of rotatable bonds is 8. The second-order valence-electron chi connectivity index (χ2n) is 5.90. The number of carboxylic acid groups (broad SMARTS) is 1. The molecule has 0 spiro atoms. The Balaban J connectivity index is 1.83. The predicted octanol–water partition coefficient (Wildman–Crippen LogP) is -0.463. The molecule has 0 aliphatic carbocycles. The lowest BCUT2D eigenvalue weighted by molar-refractivity contribution is -0.308. The van der Waals surface area contributed by atoms with E-state index in [2.05, 4.69) is 10.6 Å². The summed E-state index contributed by atoms with van der Waals surface area (Å²) in [4.78, 5) is 23.2. The minimum absolute atomic E-state index is 0.00895. The molecule has 0 bridgehead atoms. The van der Waals surface area contributed by atoms with Gasteiger partial charge in [-0.15, -0.1) is 0 Å². The van der Waals surface area contributed by atoms with Crippen molar-refractivity contribution < 1.29 is 23.1 Å². The molecule has 9 heteroatoms. The monoisotopic (exact) mass is 390 g/mol. The quantitative estimate of drug-likeness (QED) is 0.559. The van der Waals surface area contributed by atoms with Gasteiger partial charge in [0.1, 0.15) is 0 Å². The molecule has 0 aliphatic heterocycles. The zero-order valence-electron chi connectivity index (χ0n) is 14.4. The fourth-order valence-corrected chi connectivity index (χ4v) is 2.93. The molecule has 27 heavy (non-hydrogen) atoms. The van der Waals surface area contributed by atoms with Crippen molar-refractivity contribution in [1.82, 2.24) is 10.6 Å². The van der Waals surface area contributed by atoms with Gasteiger partial charge in [-0.3, -0.25) is 0 Å². The summed E-state index contributed by atoms with van der Waals surface area (Å²) in [5.74, 6) is -1.37. The highest BCUT2D eigenvalue weighted by atomic mass is 32.2. The van der Waals surface area contributed by atoms with E-state index in [1.807, 2.05) is 6.07 Å². The SMILES string of the molecule is NS(=O)(=O)c1ccc(CCNC(=O)N[C@@H](Cc2ccccc2)C(=O)[O-])cc1. The van der Waals surface area contributed by atoms with Crippen LogP contribution < -0.4 is 20.9 Å². The van der Waals surface area contributed by atoms with E-state index in [1.165, 1.54) is 12.1 Å². The van der Waals surface area contributed by atoms with Crippen LogP contribution in [-0.2, 0) is 27.7 Å². The van der Waals surface area contributed by atoms with Gasteiger partial charge in [0.25, 0.3) is 0 Å². The maximum atomic E-state index is 11.9. The van der Waals surface area contributed by atoms with Gasteiger partial charge in [0.15, 0.2) is 0 Å². The van der Waals surface area contributed by atoms with Crippen LogP contribution in [0.25, 0.3) is 0 Å². The number of urea groups is 1. The Morgan fingerprint density at radius 1 is 1.00 bits per heavy atom. The Hall–Kier alpha value is -2.91. The molecule has 4 N–H and O–H groups in total. The highest BCUT2D eigenvalue weighted by molar-refractivity contribution is 7.89. The van der Waals surface area contributed by atoms with Crippen LogP contribution in [0, 0.1) is 0 Å². The Kier molecular flexibility index (Phi) is 6.91. The number of aliphatic carboxylic acids is 1. The molecule has 0 aliphatic rings. The second-order valence-corrected chi connectivity index (χ2v) is 7.46. The van der Waals surface area contributed by atoms with Gasteiger partial charge < -0.3 is 20.5 Å². The molecule has 0 aromatic heterocycles. The largest absolute Gasteiger partial charge is 0.548 e. The third kappa shape index (κ3) is 6.72. The lowest BCUT2D eigenvalue weighted by Crippen LogP contribution is -2.52. The maximum Gasteiger partial charge on any atom is 0.315 e. The number of carbonyl (C=O) groups is 2. The van der Waals surface area contributed by atoms with E-state index >= 15 is 0 Å². The molecule has 1 atom stereocenters. The van der Waals surface area contributed by atoms with Crippen LogP contribution in [0.1, 0.15) is 11.1 Å². The van der Waals surface area contributed by atoms with Crippen molar-refractivity contribution >= 4 is 22.0 Å². The van der Waals surface area contributed by atoms with E-state index in [9.17, 15) is 23.1 Å². The summed E-state index contributed by atoms with van der Waals surface area (Å²) in [6.07, 6.45) is 0.554. The molecule has 0 saturated heterocycles. The predicted molar refractivity (Wildman–Crippen MR) is 97.0 cm³/mol. The van der Waals surface area contributed by atoms with E-state index in [1.54, 1.807) is 36.4 Å². The van der Waals surface area contributed by atoms with Crippen molar-refractivity contribution in [2.75, 3.05) is 6.54 Å². The summed E-state index contributed by atoms with van der Waals surface area (Å²) in [6.45, 7) is 0.242. The van der Waals surface area contributed by atoms with Crippen molar-refractivity contribution in [3.8, 4) is 0 Å². The first-order valence-electron chi connectivity index (χ1n) is 8.16. The van der Waals surface area contributed by atoms with Gasteiger partial charge in [-0.2, -0.15) is 0 Å². The minimum atomic E-state index is -3.74. The van der Waals surface area contributed by atoms with E-state index in [0.29, 0.717) is 6.42 Å². The first kappa shape index (κ1) is 20.4. The number of benzene rings is 2. The van der Waals surface area contributed by atoms with E-state index in [-0.39, 0.29) is 17.9 Å². The molecule has 2 aromatic carbocycles. The highest BCUT2D eigenvalue weighted by Gasteiger charge is 2.14. The number of amides is 2. The first-order chi connectivity index (χ1) is 12.8. The number of nitrogens with one attached hydrogen (secondary N) is 2. The van der Waals surface area contributed by atoms with Crippen LogP contribution in [0.5, 0.6) is 0 Å². The van der Waals surface area contributed by atoms with Crippen molar-refractivity contribution in [1.29, 1.82) is 0 Å². The van der Waals surface area contributed by atoms with Crippen LogP contribution >= 0.6 is 0 Å². The summed E-state index contributed by atoms with van der Waals surface area (Å²) in [6, 6.07) is 13.1. The fourth-order valence-electron chi connectivity index (χ4n) is 2.42. The number of carbonyl (C=O) groups excluding carboxylic acids is 2. The minimum Gasteiger partial charge on any atom is -0.548 e. The molecular weight excluding hydrogens is 370 g/mol. The number of primary sulfonamides is 1. The maximum absolute atomic E-state index is 11.9. The number of hydrogen-bond donors (Lipinski definition) is 3. The third-order valence-electron chi connectivity index (χ3n) is 3.82. The lowest BCUT2D eigenvalue weighted by atomic mass is 10.1. The topological polar surface area (TPSA) is 141 Å². The molecule has 0 radical (unpaired) electrons. The van der Waals surface area contributed by atoms with Crippen LogP contribution in [0.4, 0.5) is 4.79 Å². The van der Waals surface area contributed by atoms with Gasteiger partial charge in [-0.25, -0.2) is 18.4 Å². The van der Waals surface area contributed by atoms with Crippen LogP contribution in [0.3, 0.4) is 0 Å². The van der Waals surface area contributed by atoms with Crippen LogP contribution in [0.2, 0.25) is 0 Å². The molecule has 144 valence electrons. The zero-order chi connectivity index (χ0) is 19.9. The Labute approximate surface area is 157 Å². The molecule has 0 fully saturated rings. The van der Waals surface area contributed by atoms with Gasteiger partial charge in [0.2, 0.25) is 10.0 Å². The van der Waals surface area contributed by atoms with E-state index in [0.717, 1.165) is 11.1 Å². The first-order valence-corrected chi connectivity index (χ1v) is 9.71. The average molecular weight is 390 g/mol. The standard InChI is InChI=1S/C18H21N3O5S/c19-27(25,26)15-8-6-13(7-9-15)10-11-20-18(24)21-16(17(22)23)12-14-4-2-1-3-5-14/h1-9,16H,10-12H2,(H,22,23)(H2,19,25,26)(H2,20,21,24)/p-1/t16-/m0/s1. The fraction of sp³-hybridized carbons (Fsp3) is 0.222. The summed E-state index contributed by atoms with van der Waals surface area (Å²) in [5.41, 5.74) is 1.56. The van der Waals surface area contributed by atoms with Crippen molar-refractivity contribution in [2.45, 2.75) is 23.8 Å². The number of nitrogens with two attached hydrogens (primary N) is 1. The molecule has 2 amide bonds. The van der Waals surface area contributed by atoms with E-state index in [4.69, 9.17) is 5.14 Å². The second kappa shape index (κ2) is 9.15. The normalized spacial score (nSPS) is 12.2. The van der Waals surface area contributed by atoms with Gasteiger partial charge >= 0.3 is 6.03 Å². The van der Waals surface area contributed by atoms with Crippen LogP contribution in [-0.4, -0.2) is 33.0 Å². The smallest absolute Gasteiger partial charge is 0.315 e. The molecule has 2 aromatic rings. The average Bonchev–Trinajstić information content (AvgIpc) is 2.61. The zero-order valence-corrected chi connectivity index (χ0v) is 15.2. The summed E-state index contributed by atoms with van der Waals surface area (Å²) in [7, 11) is -3.74. The number of carboxylic acids is 1. The molecule has 0 heterocycles. The summed E-state index contributed by atoms with van der Waals surface area (Å²) >= 11 is 0. The van der Waals surface area contributed by atoms with Crippen molar-refractivity contribution in [2.24, 2.45) is 5.14 Å². The Morgan fingerprint density at radius 3 is 2.19 bits per heavy atom. The lowest BCUT2D eigenvalue weighted by Gasteiger charge is -2.20. The summed E-state index contributed by atoms with van der Waals surface area (Å²) < 4.78 is 22.4. The molecule has 2 rings (SSSR count). The number of sulfonamides is 1. The number of hydrogen-bond acceptors (Lipinski definition) is 5.